The third-order valence-electron chi connectivity index (χ3n) is 4.64. The normalized spacial score (nSPS) is 25.2. The number of hydrogen-bond donors (Lipinski definition) is 2. The molecule has 1 aromatic carbocycles. The highest BCUT2D eigenvalue weighted by Gasteiger charge is 2.23. The van der Waals surface area contributed by atoms with E-state index in [0.29, 0.717) is 12.1 Å². The van der Waals surface area contributed by atoms with Gasteiger partial charge in [-0.25, -0.2) is 0 Å². The number of nitrogens with one attached hydrogen (secondary N) is 1. The molecule has 1 aliphatic carbocycles. The Bertz CT molecular complexity index is 406. The summed E-state index contributed by atoms with van der Waals surface area (Å²) in [6.45, 7) is 8.91. The highest BCUT2D eigenvalue weighted by Crippen LogP contribution is 2.29. The molecule has 3 N–H and O–H groups in total. The maximum Gasteiger partial charge on any atom is 0.0342 e. The quantitative estimate of drug-likeness (QED) is 0.862. The summed E-state index contributed by atoms with van der Waals surface area (Å²) in [7, 11) is 0. The van der Waals surface area contributed by atoms with E-state index in [1.807, 2.05) is 0 Å². The number of anilines is 1. The van der Waals surface area contributed by atoms with E-state index in [-0.39, 0.29) is 5.41 Å². The Morgan fingerprint density at radius 3 is 2.05 bits per heavy atom. The van der Waals surface area contributed by atoms with Crippen LogP contribution in [0.4, 0.5) is 5.69 Å². The predicted molar refractivity (Wildman–Crippen MR) is 88.2 cm³/mol. The molecule has 1 aromatic rings. The Labute approximate surface area is 124 Å². The van der Waals surface area contributed by atoms with Crippen LogP contribution in [0.25, 0.3) is 0 Å². The lowest BCUT2D eigenvalue weighted by molar-refractivity contribution is 0.301. The molecule has 1 aliphatic rings. The number of rotatable bonds is 3. The standard InChI is InChI=1S/C18H30N2/c1-13(19)14-5-9-16(10-6-14)20-17-11-7-15(8-12-17)18(2,3)4/h7-8,11-14,16,20H,5-6,9-10,19H2,1-4H3. The number of hydrogen-bond acceptors (Lipinski definition) is 2. The first-order valence-corrected chi connectivity index (χ1v) is 7.99. The number of benzene rings is 1. The minimum Gasteiger partial charge on any atom is -0.382 e. The van der Waals surface area contributed by atoms with E-state index in [4.69, 9.17) is 5.73 Å². The van der Waals surface area contributed by atoms with Crippen molar-refractivity contribution >= 4 is 5.69 Å². The van der Waals surface area contributed by atoms with Gasteiger partial charge in [0.2, 0.25) is 0 Å². The van der Waals surface area contributed by atoms with Crippen molar-refractivity contribution in [3.8, 4) is 0 Å². The lowest BCUT2D eigenvalue weighted by Crippen LogP contribution is -2.34. The summed E-state index contributed by atoms with van der Waals surface area (Å²) in [5.74, 6) is 0.719. The second-order valence-corrected chi connectivity index (χ2v) is 7.44. The van der Waals surface area contributed by atoms with Crippen molar-refractivity contribution in [3.63, 3.8) is 0 Å². The molecule has 0 spiro atoms. The Kier molecular flexibility index (Phi) is 4.74. The van der Waals surface area contributed by atoms with Crippen molar-refractivity contribution in [2.45, 2.75) is 70.9 Å². The van der Waals surface area contributed by atoms with Crippen LogP contribution in [0.3, 0.4) is 0 Å². The van der Waals surface area contributed by atoms with Crippen LogP contribution in [0.1, 0.15) is 58.9 Å². The largest absolute Gasteiger partial charge is 0.382 e. The van der Waals surface area contributed by atoms with Crippen molar-refractivity contribution in [1.29, 1.82) is 0 Å². The van der Waals surface area contributed by atoms with Crippen LogP contribution in [0.5, 0.6) is 0 Å². The van der Waals surface area contributed by atoms with Gasteiger partial charge in [0.25, 0.3) is 0 Å². The SMILES string of the molecule is CC(N)C1CCC(Nc2ccc(C(C)(C)C)cc2)CC1. The van der Waals surface area contributed by atoms with Gasteiger partial charge in [0.1, 0.15) is 0 Å². The van der Waals surface area contributed by atoms with E-state index in [9.17, 15) is 0 Å². The van der Waals surface area contributed by atoms with Crippen LogP contribution < -0.4 is 11.1 Å². The second-order valence-electron chi connectivity index (χ2n) is 7.44. The average molecular weight is 274 g/mol. The van der Waals surface area contributed by atoms with E-state index in [1.165, 1.54) is 36.9 Å². The monoisotopic (exact) mass is 274 g/mol. The van der Waals surface area contributed by atoms with Gasteiger partial charge in [-0.05, 0) is 61.6 Å². The molecule has 0 heterocycles. The summed E-state index contributed by atoms with van der Waals surface area (Å²) in [5, 5.41) is 3.68. The van der Waals surface area contributed by atoms with Gasteiger partial charge in [-0.1, -0.05) is 32.9 Å². The summed E-state index contributed by atoms with van der Waals surface area (Å²) in [6, 6.07) is 9.90. The first-order valence-electron chi connectivity index (χ1n) is 7.99. The molecular weight excluding hydrogens is 244 g/mol. The summed E-state index contributed by atoms with van der Waals surface area (Å²) in [5.41, 5.74) is 8.88. The first kappa shape index (κ1) is 15.4. The van der Waals surface area contributed by atoms with Crippen LogP contribution in [0.2, 0.25) is 0 Å². The van der Waals surface area contributed by atoms with E-state index >= 15 is 0 Å². The molecule has 2 rings (SSSR count). The van der Waals surface area contributed by atoms with Crippen molar-refractivity contribution in [2.75, 3.05) is 5.32 Å². The van der Waals surface area contributed by atoms with Crippen LogP contribution in [-0.4, -0.2) is 12.1 Å². The van der Waals surface area contributed by atoms with E-state index in [0.717, 1.165) is 5.92 Å². The maximum absolute atomic E-state index is 6.00. The van der Waals surface area contributed by atoms with E-state index < -0.39 is 0 Å². The minimum atomic E-state index is 0.230. The fourth-order valence-electron chi connectivity index (χ4n) is 3.09. The van der Waals surface area contributed by atoms with Gasteiger partial charge >= 0.3 is 0 Å². The zero-order chi connectivity index (χ0) is 14.8. The van der Waals surface area contributed by atoms with Gasteiger partial charge in [0, 0.05) is 17.8 Å². The summed E-state index contributed by atoms with van der Waals surface area (Å²) >= 11 is 0. The third kappa shape index (κ3) is 3.99. The van der Waals surface area contributed by atoms with Crippen LogP contribution in [0.15, 0.2) is 24.3 Å². The third-order valence-corrected chi connectivity index (χ3v) is 4.64. The molecule has 1 fully saturated rings. The van der Waals surface area contributed by atoms with Crippen LogP contribution in [-0.2, 0) is 5.41 Å². The van der Waals surface area contributed by atoms with Crippen molar-refractivity contribution < 1.29 is 0 Å². The molecule has 0 radical (unpaired) electrons. The fraction of sp³-hybridized carbons (Fsp3) is 0.667. The van der Waals surface area contributed by atoms with Gasteiger partial charge in [0.15, 0.2) is 0 Å². The minimum absolute atomic E-state index is 0.230. The molecule has 0 aromatic heterocycles. The molecule has 0 aliphatic heterocycles. The van der Waals surface area contributed by atoms with Crippen LogP contribution >= 0.6 is 0 Å². The predicted octanol–water partition coefficient (Wildman–Crippen LogP) is 4.30. The highest BCUT2D eigenvalue weighted by atomic mass is 14.9. The van der Waals surface area contributed by atoms with Crippen LogP contribution in [0, 0.1) is 5.92 Å². The lowest BCUT2D eigenvalue weighted by atomic mass is 9.82. The zero-order valence-electron chi connectivity index (χ0n) is 13.4. The number of nitrogens with two attached hydrogens (primary N) is 1. The van der Waals surface area contributed by atoms with Crippen molar-refractivity contribution in [3.05, 3.63) is 29.8 Å². The Balaban J connectivity index is 1.89. The van der Waals surface area contributed by atoms with Gasteiger partial charge in [-0.2, -0.15) is 0 Å². The zero-order valence-corrected chi connectivity index (χ0v) is 13.4. The summed E-state index contributed by atoms with van der Waals surface area (Å²) < 4.78 is 0. The average Bonchev–Trinajstić information content (AvgIpc) is 2.39. The molecule has 0 saturated heterocycles. The molecular formula is C18H30N2. The lowest BCUT2D eigenvalue weighted by Gasteiger charge is -2.31. The van der Waals surface area contributed by atoms with E-state index in [1.54, 1.807) is 0 Å². The molecule has 20 heavy (non-hydrogen) atoms. The van der Waals surface area contributed by atoms with E-state index in [2.05, 4.69) is 57.3 Å². The van der Waals surface area contributed by atoms with Crippen molar-refractivity contribution in [1.82, 2.24) is 0 Å². The Morgan fingerprint density at radius 2 is 1.60 bits per heavy atom. The first-order chi connectivity index (χ1) is 9.36. The second kappa shape index (κ2) is 6.17. The molecule has 1 unspecified atom stereocenters. The van der Waals surface area contributed by atoms with Gasteiger partial charge in [-0.3, -0.25) is 0 Å². The fourth-order valence-corrected chi connectivity index (χ4v) is 3.09. The Hall–Kier alpha value is -1.02. The molecule has 0 amide bonds. The summed E-state index contributed by atoms with van der Waals surface area (Å²) in [4.78, 5) is 0. The molecule has 112 valence electrons. The van der Waals surface area contributed by atoms with Gasteiger partial charge in [0.05, 0.1) is 0 Å². The van der Waals surface area contributed by atoms with Gasteiger partial charge < -0.3 is 11.1 Å². The Morgan fingerprint density at radius 1 is 1.05 bits per heavy atom. The topological polar surface area (TPSA) is 38.0 Å². The molecule has 2 heteroatoms. The highest BCUT2D eigenvalue weighted by molar-refractivity contribution is 5.46. The van der Waals surface area contributed by atoms with Gasteiger partial charge in [-0.15, -0.1) is 0 Å². The molecule has 1 saturated carbocycles. The van der Waals surface area contributed by atoms with Crippen molar-refractivity contribution in [2.24, 2.45) is 11.7 Å². The smallest absolute Gasteiger partial charge is 0.0342 e. The molecule has 1 atom stereocenters. The maximum atomic E-state index is 6.00. The molecule has 2 nitrogen and oxygen atoms in total. The molecule has 0 bridgehead atoms. The summed E-state index contributed by atoms with van der Waals surface area (Å²) in [6.07, 6.45) is 5.01.